The van der Waals surface area contributed by atoms with Crippen LogP contribution in [-0.4, -0.2) is 23.9 Å². The van der Waals surface area contributed by atoms with Crippen LogP contribution in [0.2, 0.25) is 0 Å². The van der Waals surface area contributed by atoms with E-state index >= 15 is 0 Å². The molecule has 2 heteroatoms. The average Bonchev–Trinajstić information content (AvgIpc) is 2.05. The van der Waals surface area contributed by atoms with E-state index in [1.807, 2.05) is 0 Å². The van der Waals surface area contributed by atoms with Crippen molar-refractivity contribution in [1.82, 2.24) is 4.90 Å². The molecule has 0 aromatic carbocycles. The summed E-state index contributed by atoms with van der Waals surface area (Å²) in [5.74, 6) is 0.796. The third-order valence-corrected chi connectivity index (χ3v) is 2.81. The lowest BCUT2D eigenvalue weighted by atomic mass is 9.95. The van der Waals surface area contributed by atoms with Gasteiger partial charge in [-0.1, -0.05) is 31.9 Å². The van der Waals surface area contributed by atoms with E-state index in [2.05, 4.69) is 11.9 Å². The highest BCUT2D eigenvalue weighted by Gasteiger charge is 2.16. The maximum absolute atomic E-state index is 4.98. The van der Waals surface area contributed by atoms with Crippen molar-refractivity contribution in [2.24, 2.45) is 0 Å². The summed E-state index contributed by atoms with van der Waals surface area (Å²) in [5, 5.41) is 0. The molecule has 0 saturated heterocycles. The Labute approximate surface area is 69.2 Å². The largest absolute Gasteiger partial charge is 0.293 e. The van der Waals surface area contributed by atoms with Crippen LogP contribution in [0.1, 0.15) is 32.1 Å². The van der Waals surface area contributed by atoms with Crippen molar-refractivity contribution in [3.8, 4) is 0 Å². The van der Waals surface area contributed by atoms with Gasteiger partial charge in [-0.3, -0.25) is 4.90 Å². The summed E-state index contributed by atoms with van der Waals surface area (Å²) in [6.07, 6.45) is 6.98. The molecule has 0 bridgehead atoms. The highest BCUT2D eigenvalue weighted by atomic mass is 32.1. The van der Waals surface area contributed by atoms with E-state index in [0.29, 0.717) is 0 Å². The third-order valence-electron chi connectivity index (χ3n) is 2.40. The lowest BCUT2D eigenvalue weighted by molar-refractivity contribution is 0.221. The van der Waals surface area contributed by atoms with Gasteiger partial charge in [0.15, 0.2) is 0 Å². The van der Waals surface area contributed by atoms with Crippen LogP contribution in [0.25, 0.3) is 0 Å². The minimum Gasteiger partial charge on any atom is -0.293 e. The molecular formula is C8H16NS. The molecule has 1 aliphatic rings. The second-order valence-corrected chi connectivity index (χ2v) is 3.44. The summed E-state index contributed by atoms with van der Waals surface area (Å²) in [6.45, 7) is 0. The summed E-state index contributed by atoms with van der Waals surface area (Å²) in [5.41, 5.74) is 0. The van der Waals surface area contributed by atoms with Crippen molar-refractivity contribution in [1.29, 1.82) is 0 Å². The van der Waals surface area contributed by atoms with Crippen LogP contribution in [0.3, 0.4) is 0 Å². The predicted octanol–water partition coefficient (Wildman–Crippen LogP) is 2.41. The smallest absolute Gasteiger partial charge is 0.0548 e. The van der Waals surface area contributed by atoms with E-state index < -0.39 is 0 Å². The van der Waals surface area contributed by atoms with Gasteiger partial charge in [0.05, 0.1) is 5.88 Å². The van der Waals surface area contributed by atoms with Gasteiger partial charge in [-0.05, 0) is 19.9 Å². The molecule has 0 amide bonds. The summed E-state index contributed by atoms with van der Waals surface area (Å²) < 4.78 is 0. The third kappa shape index (κ3) is 2.17. The molecule has 1 nitrogen and oxygen atoms in total. The van der Waals surface area contributed by atoms with Gasteiger partial charge in [0.1, 0.15) is 0 Å². The van der Waals surface area contributed by atoms with Gasteiger partial charge >= 0.3 is 0 Å². The van der Waals surface area contributed by atoms with Crippen LogP contribution in [0, 0.1) is 0 Å². The van der Waals surface area contributed by atoms with Crippen LogP contribution >= 0.6 is 12.6 Å². The number of hydrogen-bond acceptors (Lipinski definition) is 1. The summed E-state index contributed by atoms with van der Waals surface area (Å²) >= 11 is 4.98. The lowest BCUT2D eigenvalue weighted by Crippen LogP contribution is -2.32. The normalized spacial score (nSPS) is 21.9. The number of hydrogen-bond donors (Lipinski definition) is 0. The van der Waals surface area contributed by atoms with Crippen LogP contribution < -0.4 is 0 Å². The van der Waals surface area contributed by atoms with Crippen molar-refractivity contribution < 1.29 is 0 Å². The second kappa shape index (κ2) is 4.24. The van der Waals surface area contributed by atoms with Gasteiger partial charge in [0.25, 0.3) is 0 Å². The van der Waals surface area contributed by atoms with Gasteiger partial charge in [-0.2, -0.15) is 0 Å². The van der Waals surface area contributed by atoms with E-state index in [4.69, 9.17) is 12.6 Å². The molecule has 1 aliphatic carbocycles. The average molecular weight is 158 g/mol. The standard InChI is InChI=1S/C8H16NS/c1-9(7-10)8-5-3-2-4-6-8/h8H,2-7H2,1H3. The molecule has 0 heterocycles. The van der Waals surface area contributed by atoms with Crippen molar-refractivity contribution in [3.63, 3.8) is 0 Å². The Kier molecular flexibility index (Phi) is 3.57. The SMILES string of the molecule is CN(C[S])C1CCCCC1. The Hall–Kier alpha value is 0.310. The van der Waals surface area contributed by atoms with Crippen molar-refractivity contribution >= 4 is 12.6 Å². The molecule has 1 radical (unpaired) electrons. The summed E-state index contributed by atoms with van der Waals surface area (Å²) in [6, 6.07) is 0.797. The van der Waals surface area contributed by atoms with Crippen LogP contribution in [0.15, 0.2) is 0 Å². The molecule has 10 heavy (non-hydrogen) atoms. The summed E-state index contributed by atoms with van der Waals surface area (Å²) in [7, 11) is 2.14. The number of nitrogens with zero attached hydrogens (tertiary/aromatic N) is 1. The Balaban J connectivity index is 2.24. The molecule has 1 saturated carbocycles. The molecule has 0 atom stereocenters. The van der Waals surface area contributed by atoms with Gasteiger partial charge in [-0.25, -0.2) is 0 Å². The maximum Gasteiger partial charge on any atom is 0.0548 e. The molecule has 0 unspecified atom stereocenters. The molecule has 0 aromatic rings. The monoisotopic (exact) mass is 158 g/mol. The quantitative estimate of drug-likeness (QED) is 0.596. The second-order valence-electron chi connectivity index (χ2n) is 3.18. The van der Waals surface area contributed by atoms with Gasteiger partial charge in [0.2, 0.25) is 0 Å². The van der Waals surface area contributed by atoms with Crippen molar-refractivity contribution in [2.75, 3.05) is 12.9 Å². The zero-order valence-electron chi connectivity index (χ0n) is 6.68. The topological polar surface area (TPSA) is 3.24 Å². The van der Waals surface area contributed by atoms with Crippen molar-refractivity contribution in [2.45, 2.75) is 38.1 Å². The zero-order chi connectivity index (χ0) is 7.40. The maximum atomic E-state index is 4.98. The van der Waals surface area contributed by atoms with E-state index in [0.717, 1.165) is 11.9 Å². The minimum atomic E-state index is 0.796. The fourth-order valence-electron chi connectivity index (χ4n) is 1.63. The Morgan fingerprint density at radius 2 is 1.90 bits per heavy atom. The highest BCUT2D eigenvalue weighted by molar-refractivity contribution is 7.80. The Morgan fingerprint density at radius 3 is 2.40 bits per heavy atom. The Bertz CT molecular complexity index is 89.3. The minimum absolute atomic E-state index is 0.796. The first-order valence-corrected chi connectivity index (χ1v) is 4.70. The van der Waals surface area contributed by atoms with Crippen molar-refractivity contribution in [3.05, 3.63) is 0 Å². The zero-order valence-corrected chi connectivity index (χ0v) is 7.49. The fraction of sp³-hybridized carbons (Fsp3) is 1.00. The first kappa shape index (κ1) is 8.41. The first-order chi connectivity index (χ1) is 4.84. The molecule has 59 valence electrons. The molecule has 0 spiro atoms. The van der Waals surface area contributed by atoms with E-state index in [-0.39, 0.29) is 0 Å². The lowest BCUT2D eigenvalue weighted by Gasteiger charge is -2.29. The van der Waals surface area contributed by atoms with Gasteiger partial charge < -0.3 is 0 Å². The molecule has 0 aliphatic heterocycles. The van der Waals surface area contributed by atoms with Crippen LogP contribution in [0.4, 0.5) is 0 Å². The molecular weight excluding hydrogens is 142 g/mol. The first-order valence-electron chi connectivity index (χ1n) is 4.13. The molecule has 0 aromatic heterocycles. The van der Waals surface area contributed by atoms with E-state index in [1.165, 1.54) is 32.1 Å². The van der Waals surface area contributed by atoms with Crippen LogP contribution in [0.5, 0.6) is 0 Å². The molecule has 1 rings (SSSR count). The van der Waals surface area contributed by atoms with Gasteiger partial charge in [0, 0.05) is 6.04 Å². The molecule has 0 N–H and O–H groups in total. The summed E-state index contributed by atoms with van der Waals surface area (Å²) in [4.78, 5) is 2.30. The highest BCUT2D eigenvalue weighted by Crippen LogP contribution is 2.21. The molecule has 1 fully saturated rings. The van der Waals surface area contributed by atoms with E-state index in [1.54, 1.807) is 0 Å². The predicted molar refractivity (Wildman–Crippen MR) is 47.1 cm³/mol. The fourth-order valence-corrected chi connectivity index (χ4v) is 1.84. The Morgan fingerprint density at radius 1 is 1.30 bits per heavy atom. The van der Waals surface area contributed by atoms with Crippen LogP contribution in [-0.2, 0) is 0 Å². The number of rotatable bonds is 2. The van der Waals surface area contributed by atoms with E-state index in [9.17, 15) is 0 Å². The van der Waals surface area contributed by atoms with Gasteiger partial charge in [-0.15, -0.1) is 0 Å².